The molecular formula is C14H19NO6S3. The summed E-state index contributed by atoms with van der Waals surface area (Å²) in [5.41, 5.74) is 0. The summed E-state index contributed by atoms with van der Waals surface area (Å²) in [7, 11) is -10.6. The molecule has 2 aliphatic heterocycles. The van der Waals surface area contributed by atoms with Gasteiger partial charge in [-0.05, 0) is 25.0 Å². The summed E-state index contributed by atoms with van der Waals surface area (Å²) < 4.78 is 74.5. The molecule has 134 valence electrons. The van der Waals surface area contributed by atoms with Crippen LogP contribution in [-0.4, -0.2) is 64.7 Å². The van der Waals surface area contributed by atoms with Crippen LogP contribution in [0.5, 0.6) is 0 Å². The number of hydrogen-bond acceptors (Lipinski definition) is 6. The predicted molar refractivity (Wildman–Crippen MR) is 89.6 cm³/mol. The van der Waals surface area contributed by atoms with E-state index < -0.39 is 41.8 Å². The fraction of sp³-hybridized carbons (Fsp3) is 0.571. The third kappa shape index (κ3) is 3.51. The summed E-state index contributed by atoms with van der Waals surface area (Å²) in [5, 5.41) is 0. The van der Waals surface area contributed by atoms with Crippen molar-refractivity contribution in [2.24, 2.45) is 0 Å². The van der Waals surface area contributed by atoms with Crippen molar-refractivity contribution in [3.63, 3.8) is 0 Å². The summed E-state index contributed by atoms with van der Waals surface area (Å²) in [5.74, 6) is -0.652. The molecule has 2 atom stereocenters. The van der Waals surface area contributed by atoms with Crippen molar-refractivity contribution in [2.75, 3.05) is 23.0 Å². The highest BCUT2D eigenvalue weighted by Crippen LogP contribution is 2.31. The van der Waals surface area contributed by atoms with Crippen LogP contribution in [-0.2, 0) is 29.7 Å². The van der Waals surface area contributed by atoms with Crippen molar-refractivity contribution >= 4 is 29.7 Å². The number of sulfone groups is 2. The van der Waals surface area contributed by atoms with Gasteiger partial charge in [-0.1, -0.05) is 18.2 Å². The van der Waals surface area contributed by atoms with E-state index in [1.807, 2.05) is 0 Å². The zero-order valence-electron chi connectivity index (χ0n) is 12.9. The summed E-state index contributed by atoms with van der Waals surface area (Å²) in [6.07, 6.45) is 0.399. The van der Waals surface area contributed by atoms with Gasteiger partial charge >= 0.3 is 0 Å². The Morgan fingerprint density at radius 1 is 0.833 bits per heavy atom. The molecule has 1 aromatic carbocycles. The second-order valence-corrected chi connectivity index (χ2v) is 12.6. The highest BCUT2D eigenvalue weighted by Gasteiger charge is 2.45. The van der Waals surface area contributed by atoms with Crippen LogP contribution in [0.2, 0.25) is 0 Å². The molecule has 2 fully saturated rings. The van der Waals surface area contributed by atoms with Crippen LogP contribution in [0.4, 0.5) is 0 Å². The molecule has 0 amide bonds. The molecule has 3 rings (SSSR count). The molecule has 1 aromatic rings. The molecule has 0 N–H and O–H groups in total. The van der Waals surface area contributed by atoms with Gasteiger partial charge in [0.1, 0.15) is 0 Å². The van der Waals surface area contributed by atoms with Crippen LogP contribution in [0.25, 0.3) is 0 Å². The standard InChI is InChI=1S/C14H19NO6S3/c16-22(17)8-6-12(10-22)15(13-7-9-23(18,19)11-13)24(20,21)14-4-2-1-3-5-14/h1-5,12-13H,6-11H2/t12-,13-/m1/s1. The van der Waals surface area contributed by atoms with Gasteiger partial charge in [0.15, 0.2) is 19.7 Å². The van der Waals surface area contributed by atoms with Crippen molar-refractivity contribution in [1.82, 2.24) is 4.31 Å². The van der Waals surface area contributed by atoms with Crippen LogP contribution in [0.15, 0.2) is 35.2 Å². The van der Waals surface area contributed by atoms with Gasteiger partial charge < -0.3 is 0 Å². The average molecular weight is 394 g/mol. The molecule has 24 heavy (non-hydrogen) atoms. The van der Waals surface area contributed by atoms with Gasteiger partial charge in [-0.2, -0.15) is 4.31 Å². The highest BCUT2D eigenvalue weighted by molar-refractivity contribution is 7.92. The van der Waals surface area contributed by atoms with Crippen LogP contribution < -0.4 is 0 Å². The zero-order chi connectivity index (χ0) is 17.6. The van der Waals surface area contributed by atoms with Gasteiger partial charge in [0.2, 0.25) is 10.0 Å². The van der Waals surface area contributed by atoms with Crippen molar-refractivity contribution in [3.8, 4) is 0 Å². The van der Waals surface area contributed by atoms with E-state index in [-0.39, 0.29) is 40.7 Å². The first-order valence-corrected chi connectivity index (χ1v) is 12.7. The van der Waals surface area contributed by atoms with Crippen LogP contribution >= 0.6 is 0 Å². The number of benzene rings is 1. The monoisotopic (exact) mass is 393 g/mol. The van der Waals surface area contributed by atoms with E-state index in [0.717, 1.165) is 4.31 Å². The minimum atomic E-state index is -3.96. The van der Waals surface area contributed by atoms with E-state index in [1.165, 1.54) is 12.1 Å². The SMILES string of the molecule is O=S1(=O)CC[C@@H](N([C@@H]2CCS(=O)(=O)C2)S(=O)(=O)c2ccccc2)C1. The topological polar surface area (TPSA) is 106 Å². The first-order chi connectivity index (χ1) is 11.1. The number of nitrogens with zero attached hydrogens (tertiary/aromatic N) is 1. The van der Waals surface area contributed by atoms with Gasteiger partial charge in [0.05, 0.1) is 27.9 Å². The van der Waals surface area contributed by atoms with Crippen molar-refractivity contribution in [2.45, 2.75) is 29.8 Å². The Balaban J connectivity index is 2.03. The normalized spacial score (nSPS) is 29.0. The molecule has 0 aromatic heterocycles. The lowest BCUT2D eigenvalue weighted by atomic mass is 10.2. The van der Waals surface area contributed by atoms with E-state index in [0.29, 0.717) is 0 Å². The lowest BCUT2D eigenvalue weighted by Crippen LogP contribution is -2.48. The Morgan fingerprint density at radius 3 is 1.67 bits per heavy atom. The van der Waals surface area contributed by atoms with E-state index >= 15 is 0 Å². The maximum Gasteiger partial charge on any atom is 0.243 e. The van der Waals surface area contributed by atoms with E-state index in [4.69, 9.17) is 0 Å². The van der Waals surface area contributed by atoms with Gasteiger partial charge in [0, 0.05) is 12.1 Å². The Morgan fingerprint density at radius 2 is 1.29 bits per heavy atom. The van der Waals surface area contributed by atoms with Gasteiger partial charge in [-0.25, -0.2) is 25.3 Å². The number of sulfonamides is 1. The molecule has 2 aliphatic rings. The van der Waals surface area contributed by atoms with Gasteiger partial charge in [0.25, 0.3) is 0 Å². The molecule has 10 heteroatoms. The summed E-state index contributed by atoms with van der Waals surface area (Å²) in [6.45, 7) is 0. The van der Waals surface area contributed by atoms with Crippen LogP contribution in [0.1, 0.15) is 12.8 Å². The minimum Gasteiger partial charge on any atom is -0.229 e. The summed E-state index contributed by atoms with van der Waals surface area (Å²) in [4.78, 5) is 0.0543. The molecule has 0 radical (unpaired) electrons. The maximum absolute atomic E-state index is 13.1. The third-order valence-electron chi connectivity index (χ3n) is 4.46. The fourth-order valence-electron chi connectivity index (χ4n) is 3.36. The van der Waals surface area contributed by atoms with E-state index in [1.54, 1.807) is 18.2 Å². The molecule has 7 nitrogen and oxygen atoms in total. The highest BCUT2D eigenvalue weighted by atomic mass is 32.2. The maximum atomic E-state index is 13.1. The Kier molecular flexibility index (Phi) is 4.52. The zero-order valence-corrected chi connectivity index (χ0v) is 15.4. The van der Waals surface area contributed by atoms with Gasteiger partial charge in [-0.15, -0.1) is 0 Å². The Bertz CT molecular complexity index is 878. The van der Waals surface area contributed by atoms with E-state index in [2.05, 4.69) is 0 Å². The third-order valence-corrected chi connectivity index (χ3v) is 9.98. The summed E-state index contributed by atoms with van der Waals surface area (Å²) in [6, 6.07) is 6.31. The second-order valence-electron chi connectivity index (χ2n) is 6.26. The lowest BCUT2D eigenvalue weighted by molar-refractivity contribution is 0.280. The summed E-state index contributed by atoms with van der Waals surface area (Å²) >= 11 is 0. The van der Waals surface area contributed by atoms with Crippen LogP contribution in [0, 0.1) is 0 Å². The molecule has 0 aliphatic carbocycles. The quantitative estimate of drug-likeness (QED) is 0.716. The number of hydrogen-bond donors (Lipinski definition) is 0. The molecule has 0 bridgehead atoms. The first-order valence-electron chi connectivity index (χ1n) is 7.60. The molecule has 2 heterocycles. The Labute approximate surface area is 142 Å². The van der Waals surface area contributed by atoms with Crippen molar-refractivity contribution in [3.05, 3.63) is 30.3 Å². The van der Waals surface area contributed by atoms with Crippen LogP contribution in [0.3, 0.4) is 0 Å². The lowest BCUT2D eigenvalue weighted by Gasteiger charge is -2.32. The molecule has 2 saturated heterocycles. The molecule has 0 unspecified atom stereocenters. The fourth-order valence-corrected chi connectivity index (χ4v) is 8.86. The second kappa shape index (κ2) is 6.08. The predicted octanol–water partition coefficient (Wildman–Crippen LogP) is 0.0515. The minimum absolute atomic E-state index is 0.0543. The number of rotatable bonds is 4. The van der Waals surface area contributed by atoms with E-state index in [9.17, 15) is 25.3 Å². The molecule has 0 spiro atoms. The molecule has 0 saturated carbocycles. The smallest absolute Gasteiger partial charge is 0.229 e. The largest absolute Gasteiger partial charge is 0.243 e. The first kappa shape index (κ1) is 17.8. The van der Waals surface area contributed by atoms with Crippen molar-refractivity contribution in [1.29, 1.82) is 0 Å². The average Bonchev–Trinajstić information content (AvgIpc) is 3.02. The molecular weight excluding hydrogens is 374 g/mol. The Hall–Kier alpha value is -0.970. The van der Waals surface area contributed by atoms with Crippen molar-refractivity contribution < 1.29 is 25.3 Å². The van der Waals surface area contributed by atoms with Gasteiger partial charge in [-0.3, -0.25) is 0 Å².